The molecule has 12 heteroatoms. The average molecular weight is 418 g/mol. The Hall–Kier alpha value is -1.64. The number of rotatable bonds is 10. The molecule has 2 rings (SSSR count). The highest BCUT2D eigenvalue weighted by Gasteiger charge is 2.17. The summed E-state index contributed by atoms with van der Waals surface area (Å²) in [6, 6.07) is 5.29. The van der Waals surface area contributed by atoms with Gasteiger partial charge in [0.2, 0.25) is 10.0 Å². The van der Waals surface area contributed by atoms with E-state index in [0.717, 1.165) is 32.7 Å². The van der Waals surface area contributed by atoms with Crippen molar-refractivity contribution in [3.05, 3.63) is 29.8 Å². The number of hydrogen-bond acceptors (Lipinski definition) is 10. The molecule has 0 aliphatic carbocycles. The average Bonchev–Trinajstić information content (AvgIpc) is 2.65. The SMILES string of the molecule is NS(=O)(=O)c1ccc(C(=O)OCCN2CCN(CCCON(O)O)CC2)cc1. The van der Waals surface area contributed by atoms with Crippen molar-refractivity contribution in [3.63, 3.8) is 0 Å². The van der Waals surface area contributed by atoms with Crippen LogP contribution in [0.4, 0.5) is 0 Å². The standard InChI is InChI=1S/C16H26N4O7S/c17-28(24,25)15-4-2-14(3-5-15)16(21)26-13-11-19-9-7-18(8-10-19)6-1-12-27-20(22)23/h2-5,22-23H,1,6-13H2,(H2,17,24,25). The van der Waals surface area contributed by atoms with Crippen LogP contribution in [0, 0.1) is 0 Å². The van der Waals surface area contributed by atoms with E-state index >= 15 is 0 Å². The number of carbonyl (C=O) groups is 1. The van der Waals surface area contributed by atoms with Crippen LogP contribution in [0.1, 0.15) is 16.8 Å². The predicted molar refractivity (Wildman–Crippen MR) is 97.0 cm³/mol. The molecule has 1 aromatic rings. The van der Waals surface area contributed by atoms with E-state index < -0.39 is 16.0 Å². The summed E-state index contributed by atoms with van der Waals surface area (Å²) in [6.07, 6.45) is 0.680. The van der Waals surface area contributed by atoms with Crippen LogP contribution in [0.5, 0.6) is 0 Å². The van der Waals surface area contributed by atoms with E-state index in [1.165, 1.54) is 24.3 Å². The van der Waals surface area contributed by atoms with Crippen LogP contribution in [-0.2, 0) is 19.6 Å². The fourth-order valence-electron chi connectivity index (χ4n) is 2.80. The van der Waals surface area contributed by atoms with Gasteiger partial charge in [0.05, 0.1) is 22.5 Å². The zero-order valence-corrected chi connectivity index (χ0v) is 16.3. The molecule has 0 spiro atoms. The lowest BCUT2D eigenvalue weighted by Crippen LogP contribution is -2.47. The Morgan fingerprint density at radius 2 is 1.61 bits per heavy atom. The molecule has 158 valence electrons. The summed E-state index contributed by atoms with van der Waals surface area (Å²) >= 11 is 0. The van der Waals surface area contributed by atoms with E-state index in [1.54, 1.807) is 0 Å². The third-order valence-electron chi connectivity index (χ3n) is 4.35. The van der Waals surface area contributed by atoms with Crippen LogP contribution in [0.25, 0.3) is 0 Å². The molecule has 11 nitrogen and oxygen atoms in total. The normalized spacial score (nSPS) is 16.4. The molecule has 0 radical (unpaired) electrons. The molecule has 0 atom stereocenters. The summed E-state index contributed by atoms with van der Waals surface area (Å²) in [6.45, 7) is 5.29. The second kappa shape index (κ2) is 10.8. The van der Waals surface area contributed by atoms with Gasteiger partial charge in [-0.15, -0.1) is 0 Å². The van der Waals surface area contributed by atoms with E-state index in [2.05, 4.69) is 14.6 Å². The lowest BCUT2D eigenvalue weighted by Gasteiger charge is -2.34. The number of esters is 1. The predicted octanol–water partition coefficient (Wildman–Crippen LogP) is -0.489. The highest BCUT2D eigenvalue weighted by atomic mass is 32.2. The van der Waals surface area contributed by atoms with Gasteiger partial charge < -0.3 is 9.64 Å². The van der Waals surface area contributed by atoms with Crippen molar-refractivity contribution < 1.29 is 33.2 Å². The van der Waals surface area contributed by atoms with Crippen molar-refractivity contribution in [2.75, 3.05) is 52.5 Å². The molecule has 1 saturated heterocycles. The van der Waals surface area contributed by atoms with Gasteiger partial charge in [-0.3, -0.25) is 20.2 Å². The molecule has 0 amide bonds. The minimum absolute atomic E-state index is 0.0569. The van der Waals surface area contributed by atoms with Gasteiger partial charge >= 0.3 is 5.97 Å². The van der Waals surface area contributed by atoms with Gasteiger partial charge in [0.15, 0.2) is 0 Å². The van der Waals surface area contributed by atoms with Crippen molar-refractivity contribution >= 4 is 16.0 Å². The summed E-state index contributed by atoms with van der Waals surface area (Å²) < 4.78 is 27.7. The number of primary sulfonamides is 1. The van der Waals surface area contributed by atoms with Crippen LogP contribution in [0.15, 0.2) is 29.2 Å². The molecule has 1 fully saturated rings. The second-order valence-corrected chi connectivity index (χ2v) is 7.89. The molecular weight excluding hydrogens is 392 g/mol. The van der Waals surface area contributed by atoms with Crippen molar-refractivity contribution in [3.8, 4) is 0 Å². The summed E-state index contributed by atoms with van der Waals surface area (Å²) in [5.41, 5.74) is 0.267. The van der Waals surface area contributed by atoms with Gasteiger partial charge in [-0.25, -0.2) is 18.4 Å². The van der Waals surface area contributed by atoms with Gasteiger partial charge in [0.1, 0.15) is 6.61 Å². The topological polar surface area (TPSA) is 146 Å². The van der Waals surface area contributed by atoms with Crippen LogP contribution in [0.2, 0.25) is 0 Å². The first-order valence-corrected chi connectivity index (χ1v) is 10.4. The Kier molecular flexibility index (Phi) is 8.72. The largest absolute Gasteiger partial charge is 0.461 e. The van der Waals surface area contributed by atoms with Crippen molar-refractivity contribution in [2.45, 2.75) is 11.3 Å². The summed E-state index contributed by atoms with van der Waals surface area (Å²) in [7, 11) is -3.79. The number of piperazine rings is 1. The summed E-state index contributed by atoms with van der Waals surface area (Å²) in [5, 5.41) is 21.6. The molecule has 0 aromatic heterocycles. The monoisotopic (exact) mass is 418 g/mol. The second-order valence-electron chi connectivity index (χ2n) is 6.33. The number of hydrogen-bond donors (Lipinski definition) is 3. The Morgan fingerprint density at radius 3 is 2.14 bits per heavy atom. The minimum Gasteiger partial charge on any atom is -0.461 e. The van der Waals surface area contributed by atoms with Crippen molar-refractivity contribution in [1.29, 1.82) is 0 Å². The van der Waals surface area contributed by atoms with Crippen LogP contribution in [-0.4, -0.2) is 92.5 Å². The van der Waals surface area contributed by atoms with E-state index in [9.17, 15) is 13.2 Å². The zero-order chi connectivity index (χ0) is 20.6. The smallest absolute Gasteiger partial charge is 0.338 e. The third kappa shape index (κ3) is 7.77. The van der Waals surface area contributed by atoms with E-state index in [0.29, 0.717) is 13.0 Å². The highest BCUT2D eigenvalue weighted by molar-refractivity contribution is 7.89. The fourth-order valence-corrected chi connectivity index (χ4v) is 3.32. The van der Waals surface area contributed by atoms with E-state index in [-0.39, 0.29) is 29.1 Å². The third-order valence-corrected chi connectivity index (χ3v) is 5.28. The first-order valence-electron chi connectivity index (χ1n) is 8.81. The molecule has 0 saturated carbocycles. The quantitative estimate of drug-likeness (QED) is 0.258. The van der Waals surface area contributed by atoms with Crippen LogP contribution >= 0.6 is 0 Å². The van der Waals surface area contributed by atoms with Gasteiger partial charge in [-0.05, 0) is 30.7 Å². The lowest BCUT2D eigenvalue weighted by molar-refractivity contribution is -0.492. The van der Waals surface area contributed by atoms with Crippen molar-refractivity contribution in [2.24, 2.45) is 5.14 Å². The number of benzene rings is 1. The maximum Gasteiger partial charge on any atom is 0.338 e. The molecule has 1 aromatic carbocycles. The molecule has 1 aliphatic rings. The number of ether oxygens (including phenoxy) is 1. The highest BCUT2D eigenvalue weighted by Crippen LogP contribution is 2.10. The zero-order valence-electron chi connectivity index (χ0n) is 15.4. The maximum absolute atomic E-state index is 12.0. The van der Waals surface area contributed by atoms with Gasteiger partial charge in [-0.1, -0.05) is 0 Å². The Balaban J connectivity index is 1.63. The first kappa shape index (κ1) is 22.6. The summed E-state index contributed by atoms with van der Waals surface area (Å²) in [4.78, 5) is 20.9. The molecule has 28 heavy (non-hydrogen) atoms. The van der Waals surface area contributed by atoms with Crippen molar-refractivity contribution in [1.82, 2.24) is 15.2 Å². The Bertz CT molecular complexity index is 719. The number of nitrogens with zero attached hydrogens (tertiary/aromatic N) is 3. The Labute approximate surface area is 163 Å². The number of nitrogens with two attached hydrogens (primary N) is 1. The number of sulfonamides is 1. The van der Waals surface area contributed by atoms with E-state index in [4.69, 9.17) is 20.3 Å². The first-order chi connectivity index (χ1) is 13.3. The van der Waals surface area contributed by atoms with E-state index in [1.807, 2.05) is 0 Å². The summed E-state index contributed by atoms with van der Waals surface area (Å²) in [5.74, 6) is -0.513. The van der Waals surface area contributed by atoms with Crippen LogP contribution in [0.3, 0.4) is 0 Å². The van der Waals surface area contributed by atoms with Gasteiger partial charge in [-0.2, -0.15) is 0 Å². The van der Waals surface area contributed by atoms with Crippen LogP contribution < -0.4 is 5.14 Å². The minimum atomic E-state index is -3.79. The maximum atomic E-state index is 12.0. The molecule has 0 bridgehead atoms. The van der Waals surface area contributed by atoms with Gasteiger partial charge in [0.25, 0.3) is 0 Å². The molecule has 4 N–H and O–H groups in total. The molecule has 1 aliphatic heterocycles. The molecule has 0 unspecified atom stereocenters. The number of carbonyl (C=O) groups excluding carboxylic acids is 1. The lowest BCUT2D eigenvalue weighted by atomic mass is 10.2. The molecular formula is C16H26N4O7S. The Morgan fingerprint density at radius 1 is 1.04 bits per heavy atom. The van der Waals surface area contributed by atoms with Gasteiger partial charge in [0, 0.05) is 39.3 Å². The molecule has 1 heterocycles. The fraction of sp³-hybridized carbons (Fsp3) is 0.562.